The SMILES string of the molecule is O=C(CN1C(=O)S/C(=C/c2ccc(-c3ccc(Cl)c(C(=O)O)c3)o2)C1=O)Nc1ccc2c(c1)OCCO2. The minimum Gasteiger partial charge on any atom is -0.486 e. The van der Waals surface area contributed by atoms with Crippen molar-refractivity contribution in [2.75, 3.05) is 25.1 Å². The van der Waals surface area contributed by atoms with Gasteiger partial charge in [-0.1, -0.05) is 11.6 Å². The van der Waals surface area contributed by atoms with Gasteiger partial charge in [0.15, 0.2) is 11.5 Å². The standard InChI is InChI=1S/C25H17ClN2O8S/c26-17-4-1-13(9-16(17)24(31)32)18-6-3-15(36-18)11-21-23(30)28(25(33)37-21)12-22(29)27-14-2-5-19-20(10-14)35-8-7-34-19/h1-6,9-11H,7-8,12H2,(H,27,29)(H,31,32)/b21-11+. The summed E-state index contributed by atoms with van der Waals surface area (Å²) in [6.07, 6.45) is 1.39. The average molecular weight is 541 g/mol. The van der Waals surface area contributed by atoms with Crippen LogP contribution in [0.2, 0.25) is 5.02 Å². The molecular weight excluding hydrogens is 524 g/mol. The number of halogens is 1. The number of thioether (sulfide) groups is 1. The van der Waals surface area contributed by atoms with Crippen LogP contribution in [0.5, 0.6) is 11.5 Å². The molecule has 1 fully saturated rings. The fraction of sp³-hybridized carbons (Fsp3) is 0.120. The van der Waals surface area contributed by atoms with E-state index >= 15 is 0 Å². The van der Waals surface area contributed by atoms with Crippen molar-refractivity contribution in [2.45, 2.75) is 0 Å². The van der Waals surface area contributed by atoms with E-state index < -0.39 is 29.6 Å². The van der Waals surface area contributed by atoms with E-state index in [2.05, 4.69) is 5.32 Å². The van der Waals surface area contributed by atoms with Crippen molar-refractivity contribution in [2.24, 2.45) is 0 Å². The molecule has 0 unspecified atom stereocenters. The summed E-state index contributed by atoms with van der Waals surface area (Å²) in [5.74, 6) is -0.683. The summed E-state index contributed by atoms with van der Waals surface area (Å²) in [5.41, 5.74) is 0.839. The fourth-order valence-electron chi connectivity index (χ4n) is 3.66. The minimum absolute atomic E-state index is 0.0761. The lowest BCUT2D eigenvalue weighted by atomic mass is 10.1. The number of imide groups is 1. The van der Waals surface area contributed by atoms with Gasteiger partial charge in [0, 0.05) is 23.4 Å². The Labute approximate surface area is 218 Å². The number of carboxylic acids is 1. The molecule has 0 bridgehead atoms. The Morgan fingerprint density at radius 3 is 2.62 bits per heavy atom. The Morgan fingerprint density at radius 2 is 1.84 bits per heavy atom. The molecule has 2 aromatic carbocycles. The molecule has 37 heavy (non-hydrogen) atoms. The van der Waals surface area contributed by atoms with Gasteiger partial charge in [0.2, 0.25) is 5.91 Å². The molecule has 10 nitrogen and oxygen atoms in total. The number of nitrogens with one attached hydrogen (secondary N) is 1. The first-order valence-electron chi connectivity index (χ1n) is 10.9. The summed E-state index contributed by atoms with van der Waals surface area (Å²) in [5, 5.41) is 11.4. The molecule has 188 valence electrons. The number of amides is 3. The molecule has 12 heteroatoms. The van der Waals surface area contributed by atoms with Crippen LogP contribution in [0, 0.1) is 0 Å². The van der Waals surface area contributed by atoms with Crippen LogP contribution in [0.4, 0.5) is 10.5 Å². The highest BCUT2D eigenvalue weighted by atomic mass is 35.5. The molecular formula is C25H17ClN2O8S. The number of fused-ring (bicyclic) bond motifs is 1. The first kappa shape index (κ1) is 24.5. The van der Waals surface area contributed by atoms with Gasteiger partial charge in [-0.25, -0.2) is 4.79 Å². The van der Waals surface area contributed by atoms with E-state index in [1.54, 1.807) is 36.4 Å². The van der Waals surface area contributed by atoms with Gasteiger partial charge in [0.25, 0.3) is 11.1 Å². The Kier molecular flexibility index (Phi) is 6.64. The summed E-state index contributed by atoms with van der Waals surface area (Å²) < 4.78 is 16.7. The van der Waals surface area contributed by atoms with E-state index in [1.165, 1.54) is 18.2 Å². The quantitative estimate of drug-likeness (QED) is 0.425. The molecule has 0 radical (unpaired) electrons. The van der Waals surface area contributed by atoms with Crippen LogP contribution >= 0.6 is 23.4 Å². The van der Waals surface area contributed by atoms with Crippen LogP contribution in [0.1, 0.15) is 16.1 Å². The van der Waals surface area contributed by atoms with Gasteiger partial charge >= 0.3 is 5.97 Å². The second-order valence-corrected chi connectivity index (χ2v) is 9.28. The summed E-state index contributed by atoms with van der Waals surface area (Å²) >= 11 is 6.60. The maximum atomic E-state index is 12.8. The van der Waals surface area contributed by atoms with Gasteiger partial charge in [-0.05, 0) is 54.2 Å². The minimum atomic E-state index is -1.18. The molecule has 1 aromatic heterocycles. The summed E-state index contributed by atoms with van der Waals surface area (Å²) in [6, 6.07) is 12.5. The van der Waals surface area contributed by atoms with E-state index in [1.807, 2.05) is 0 Å². The predicted molar refractivity (Wildman–Crippen MR) is 135 cm³/mol. The van der Waals surface area contributed by atoms with Crippen molar-refractivity contribution in [1.82, 2.24) is 4.90 Å². The molecule has 5 rings (SSSR count). The average Bonchev–Trinajstić information content (AvgIpc) is 3.44. The largest absolute Gasteiger partial charge is 0.486 e. The number of rotatable bonds is 6. The van der Waals surface area contributed by atoms with Crippen LogP contribution in [0.25, 0.3) is 17.4 Å². The first-order chi connectivity index (χ1) is 17.8. The predicted octanol–water partition coefficient (Wildman–Crippen LogP) is 4.74. The second-order valence-electron chi connectivity index (χ2n) is 7.88. The Morgan fingerprint density at radius 1 is 1.05 bits per heavy atom. The summed E-state index contributed by atoms with van der Waals surface area (Å²) in [4.78, 5) is 50.0. The van der Waals surface area contributed by atoms with Crippen molar-refractivity contribution < 1.29 is 38.2 Å². The highest BCUT2D eigenvalue weighted by Gasteiger charge is 2.36. The van der Waals surface area contributed by atoms with Crippen molar-refractivity contribution in [3.63, 3.8) is 0 Å². The molecule has 3 heterocycles. The molecule has 0 saturated carbocycles. The molecule has 0 atom stereocenters. The molecule has 3 aromatic rings. The van der Waals surface area contributed by atoms with Crippen molar-refractivity contribution in [3.8, 4) is 22.8 Å². The number of ether oxygens (including phenoxy) is 2. The number of carboxylic acid groups (broad SMARTS) is 1. The Hall–Kier alpha value is -4.22. The van der Waals surface area contributed by atoms with Gasteiger partial charge in [-0.15, -0.1) is 0 Å². The lowest BCUT2D eigenvalue weighted by Crippen LogP contribution is -2.36. The molecule has 2 aliphatic rings. The number of carbonyl (C=O) groups excluding carboxylic acids is 3. The van der Waals surface area contributed by atoms with Gasteiger partial charge in [0.1, 0.15) is 31.3 Å². The first-order valence-corrected chi connectivity index (χ1v) is 12.1. The van der Waals surface area contributed by atoms with E-state index in [0.717, 1.165) is 4.90 Å². The highest BCUT2D eigenvalue weighted by molar-refractivity contribution is 8.18. The van der Waals surface area contributed by atoms with Gasteiger partial charge in [-0.2, -0.15) is 0 Å². The zero-order valence-electron chi connectivity index (χ0n) is 18.9. The molecule has 0 aliphatic carbocycles. The van der Waals surface area contributed by atoms with E-state index in [9.17, 15) is 24.3 Å². The zero-order chi connectivity index (χ0) is 26.1. The normalized spacial score (nSPS) is 15.8. The van der Waals surface area contributed by atoms with Gasteiger partial charge in [0.05, 0.1) is 15.5 Å². The Balaban J connectivity index is 1.26. The van der Waals surface area contributed by atoms with Crippen molar-refractivity contribution in [1.29, 1.82) is 0 Å². The van der Waals surface area contributed by atoms with Crippen LogP contribution in [-0.2, 0) is 9.59 Å². The smallest absolute Gasteiger partial charge is 0.337 e. The highest BCUT2D eigenvalue weighted by Crippen LogP contribution is 2.35. The topological polar surface area (TPSA) is 135 Å². The van der Waals surface area contributed by atoms with Gasteiger partial charge in [-0.3, -0.25) is 19.3 Å². The number of anilines is 1. The van der Waals surface area contributed by atoms with Crippen molar-refractivity contribution in [3.05, 3.63) is 69.8 Å². The maximum absolute atomic E-state index is 12.8. The fourth-order valence-corrected chi connectivity index (χ4v) is 4.68. The maximum Gasteiger partial charge on any atom is 0.337 e. The zero-order valence-corrected chi connectivity index (χ0v) is 20.4. The van der Waals surface area contributed by atoms with Crippen LogP contribution in [0.15, 0.2) is 57.9 Å². The van der Waals surface area contributed by atoms with E-state index in [4.69, 9.17) is 25.5 Å². The number of furan rings is 1. The summed E-state index contributed by atoms with van der Waals surface area (Å²) in [7, 11) is 0. The number of aromatic carboxylic acids is 1. The molecule has 2 aliphatic heterocycles. The third-order valence-corrected chi connectivity index (χ3v) is 6.62. The Bertz CT molecular complexity index is 1480. The van der Waals surface area contributed by atoms with E-state index in [-0.39, 0.29) is 21.3 Å². The molecule has 2 N–H and O–H groups in total. The number of hydrogen-bond acceptors (Lipinski definition) is 8. The second kappa shape index (κ2) is 10.0. The molecule has 0 spiro atoms. The molecule has 1 saturated heterocycles. The van der Waals surface area contributed by atoms with E-state index in [0.29, 0.717) is 53.5 Å². The lowest BCUT2D eigenvalue weighted by molar-refractivity contribution is -0.127. The number of hydrogen-bond donors (Lipinski definition) is 2. The summed E-state index contributed by atoms with van der Waals surface area (Å²) in [6.45, 7) is 0.369. The van der Waals surface area contributed by atoms with Crippen LogP contribution < -0.4 is 14.8 Å². The number of nitrogens with zero attached hydrogens (tertiary/aromatic N) is 1. The third-order valence-electron chi connectivity index (χ3n) is 5.38. The van der Waals surface area contributed by atoms with Crippen LogP contribution in [0.3, 0.4) is 0 Å². The lowest BCUT2D eigenvalue weighted by Gasteiger charge is -2.19. The number of carbonyl (C=O) groups is 4. The monoisotopic (exact) mass is 540 g/mol. The van der Waals surface area contributed by atoms with Gasteiger partial charge < -0.3 is 24.3 Å². The third kappa shape index (κ3) is 5.18. The molecule has 3 amide bonds. The van der Waals surface area contributed by atoms with Crippen LogP contribution in [-0.4, -0.2) is 52.8 Å². The van der Waals surface area contributed by atoms with Crippen molar-refractivity contribution >= 4 is 58.1 Å². The number of benzene rings is 2.